The van der Waals surface area contributed by atoms with Crippen LogP contribution in [0.5, 0.6) is 0 Å². The Balaban J connectivity index is 1.89. The van der Waals surface area contributed by atoms with Crippen molar-refractivity contribution in [1.82, 2.24) is 20.1 Å². The lowest BCUT2D eigenvalue weighted by Crippen LogP contribution is -2.54. The molecule has 0 radical (unpaired) electrons. The van der Waals surface area contributed by atoms with E-state index in [0.717, 1.165) is 0 Å². The molecular formula is C14H19ClN4O3. The Labute approximate surface area is 133 Å². The van der Waals surface area contributed by atoms with Crippen molar-refractivity contribution in [3.05, 3.63) is 23.0 Å². The zero-order valence-electron chi connectivity index (χ0n) is 12.6. The summed E-state index contributed by atoms with van der Waals surface area (Å²) < 4.78 is 0. The number of aromatic amines is 1. The van der Waals surface area contributed by atoms with Crippen molar-refractivity contribution < 1.29 is 14.4 Å². The van der Waals surface area contributed by atoms with Crippen molar-refractivity contribution in [2.24, 2.45) is 0 Å². The zero-order valence-corrected chi connectivity index (χ0v) is 13.3. The summed E-state index contributed by atoms with van der Waals surface area (Å²) in [6.07, 6.45) is 1.55. The fourth-order valence-corrected chi connectivity index (χ4v) is 2.41. The van der Waals surface area contributed by atoms with Crippen LogP contribution in [0.4, 0.5) is 0 Å². The first kappa shape index (κ1) is 16.4. The molecule has 1 saturated heterocycles. The van der Waals surface area contributed by atoms with Crippen LogP contribution in [-0.2, 0) is 9.59 Å². The van der Waals surface area contributed by atoms with Gasteiger partial charge in [0, 0.05) is 38.4 Å². The van der Waals surface area contributed by atoms with E-state index in [0.29, 0.717) is 36.9 Å². The highest BCUT2D eigenvalue weighted by Crippen LogP contribution is 2.13. The molecule has 1 fully saturated rings. The number of halogens is 1. The molecule has 0 saturated carbocycles. The van der Waals surface area contributed by atoms with E-state index in [1.807, 2.05) is 0 Å². The van der Waals surface area contributed by atoms with Gasteiger partial charge in [-0.1, -0.05) is 11.6 Å². The maximum absolute atomic E-state index is 12.2. The highest BCUT2D eigenvalue weighted by atomic mass is 35.5. The number of H-pyrrole nitrogens is 1. The fraction of sp³-hybridized carbons (Fsp3) is 0.500. The minimum absolute atomic E-state index is 0.0862. The fourth-order valence-electron chi connectivity index (χ4n) is 2.24. The van der Waals surface area contributed by atoms with Gasteiger partial charge in [0.05, 0.1) is 5.02 Å². The number of rotatable bonds is 2. The van der Waals surface area contributed by atoms with E-state index >= 15 is 0 Å². The first-order valence-electron chi connectivity index (χ1n) is 7.11. The van der Waals surface area contributed by atoms with Gasteiger partial charge in [-0.15, -0.1) is 0 Å². The van der Waals surface area contributed by atoms with E-state index in [9.17, 15) is 14.4 Å². The first-order valence-corrected chi connectivity index (χ1v) is 7.49. The summed E-state index contributed by atoms with van der Waals surface area (Å²) in [5.41, 5.74) is 0.419. The largest absolute Gasteiger partial charge is 0.356 e. The van der Waals surface area contributed by atoms with Crippen molar-refractivity contribution in [3.63, 3.8) is 0 Å². The summed E-state index contributed by atoms with van der Waals surface area (Å²) in [6, 6.07) is 1.48. The molecule has 1 aromatic heterocycles. The van der Waals surface area contributed by atoms with Gasteiger partial charge in [0.1, 0.15) is 5.69 Å². The summed E-state index contributed by atoms with van der Waals surface area (Å²) >= 11 is 5.79. The molecule has 2 N–H and O–H groups in total. The van der Waals surface area contributed by atoms with Crippen molar-refractivity contribution in [2.75, 3.05) is 26.2 Å². The molecule has 8 heteroatoms. The van der Waals surface area contributed by atoms with E-state index < -0.39 is 11.8 Å². The predicted molar refractivity (Wildman–Crippen MR) is 81.6 cm³/mol. The van der Waals surface area contributed by atoms with Crippen molar-refractivity contribution in [3.8, 4) is 0 Å². The molecule has 1 aromatic rings. The molecule has 2 rings (SSSR count). The number of carbonyl (C=O) groups is 3. The van der Waals surface area contributed by atoms with Gasteiger partial charge in [0.25, 0.3) is 5.91 Å². The number of nitrogens with zero attached hydrogens (tertiary/aromatic N) is 2. The molecule has 0 spiro atoms. The van der Waals surface area contributed by atoms with Gasteiger partial charge >= 0.3 is 11.8 Å². The molecule has 0 bridgehead atoms. The van der Waals surface area contributed by atoms with Crippen LogP contribution in [0, 0.1) is 0 Å². The SMILES string of the molecule is CC(C)NC(=O)C(=O)N1CCN(C(=O)c2cc(Cl)c[nH]2)CC1. The monoisotopic (exact) mass is 326 g/mol. The number of nitrogens with one attached hydrogen (secondary N) is 2. The Kier molecular flexibility index (Phi) is 5.07. The van der Waals surface area contributed by atoms with Crippen LogP contribution >= 0.6 is 11.6 Å². The predicted octanol–water partition coefficient (Wildman–Crippen LogP) is 0.477. The van der Waals surface area contributed by atoms with Gasteiger partial charge in [-0.05, 0) is 19.9 Å². The second-order valence-electron chi connectivity index (χ2n) is 5.44. The quantitative estimate of drug-likeness (QED) is 0.775. The topological polar surface area (TPSA) is 85.5 Å². The highest BCUT2D eigenvalue weighted by molar-refractivity contribution is 6.35. The Morgan fingerprint density at radius 1 is 1.18 bits per heavy atom. The Morgan fingerprint density at radius 2 is 1.77 bits per heavy atom. The number of piperazine rings is 1. The van der Waals surface area contributed by atoms with Crippen LogP contribution < -0.4 is 5.32 Å². The van der Waals surface area contributed by atoms with Gasteiger partial charge in [0.2, 0.25) is 0 Å². The molecule has 22 heavy (non-hydrogen) atoms. The van der Waals surface area contributed by atoms with E-state index in [1.54, 1.807) is 31.0 Å². The summed E-state index contributed by atoms with van der Waals surface area (Å²) in [7, 11) is 0. The summed E-state index contributed by atoms with van der Waals surface area (Å²) in [6.45, 7) is 5.04. The zero-order chi connectivity index (χ0) is 16.3. The summed E-state index contributed by atoms with van der Waals surface area (Å²) in [5, 5.41) is 3.05. The van der Waals surface area contributed by atoms with Gasteiger partial charge in [0.15, 0.2) is 0 Å². The first-order chi connectivity index (χ1) is 10.4. The Morgan fingerprint density at radius 3 is 2.27 bits per heavy atom. The molecule has 2 heterocycles. The number of amides is 3. The van der Waals surface area contributed by atoms with E-state index in [-0.39, 0.29) is 11.9 Å². The maximum atomic E-state index is 12.2. The van der Waals surface area contributed by atoms with Crippen LogP contribution in [0.2, 0.25) is 5.02 Å². The third-order valence-corrected chi connectivity index (χ3v) is 3.56. The number of carbonyl (C=O) groups excluding carboxylic acids is 3. The average Bonchev–Trinajstić information content (AvgIpc) is 2.91. The molecule has 0 aliphatic carbocycles. The summed E-state index contributed by atoms with van der Waals surface area (Å²) in [5.74, 6) is -1.32. The molecule has 0 atom stereocenters. The molecule has 7 nitrogen and oxygen atoms in total. The lowest BCUT2D eigenvalue weighted by molar-refractivity contribution is -0.147. The number of aromatic nitrogens is 1. The van der Waals surface area contributed by atoms with Crippen LogP contribution in [0.25, 0.3) is 0 Å². The molecule has 120 valence electrons. The van der Waals surface area contributed by atoms with Crippen molar-refractivity contribution in [1.29, 1.82) is 0 Å². The summed E-state index contributed by atoms with van der Waals surface area (Å²) in [4.78, 5) is 41.8. The van der Waals surface area contributed by atoms with Crippen LogP contribution in [-0.4, -0.2) is 64.7 Å². The third-order valence-electron chi connectivity index (χ3n) is 3.35. The molecule has 1 aliphatic rings. The van der Waals surface area contributed by atoms with Crippen molar-refractivity contribution in [2.45, 2.75) is 19.9 Å². The van der Waals surface area contributed by atoms with Gasteiger partial charge in [-0.3, -0.25) is 14.4 Å². The Bertz CT molecular complexity index is 576. The normalized spacial score (nSPS) is 15.1. The maximum Gasteiger partial charge on any atom is 0.312 e. The highest BCUT2D eigenvalue weighted by Gasteiger charge is 2.28. The van der Waals surface area contributed by atoms with Gasteiger partial charge in [-0.25, -0.2) is 0 Å². The van der Waals surface area contributed by atoms with Crippen LogP contribution in [0.15, 0.2) is 12.3 Å². The molecule has 3 amide bonds. The molecule has 1 aliphatic heterocycles. The van der Waals surface area contributed by atoms with Crippen molar-refractivity contribution >= 4 is 29.3 Å². The lowest BCUT2D eigenvalue weighted by Gasteiger charge is -2.34. The smallest absolute Gasteiger partial charge is 0.312 e. The van der Waals surface area contributed by atoms with Gasteiger partial charge in [-0.2, -0.15) is 0 Å². The molecule has 0 aromatic carbocycles. The lowest BCUT2D eigenvalue weighted by atomic mass is 10.2. The minimum atomic E-state index is -0.606. The Hall–Kier alpha value is -2.02. The van der Waals surface area contributed by atoms with E-state index in [4.69, 9.17) is 11.6 Å². The number of hydrogen-bond acceptors (Lipinski definition) is 3. The number of hydrogen-bond donors (Lipinski definition) is 2. The molecular weight excluding hydrogens is 308 g/mol. The second kappa shape index (κ2) is 6.83. The third kappa shape index (κ3) is 3.79. The van der Waals surface area contributed by atoms with Crippen LogP contribution in [0.3, 0.4) is 0 Å². The van der Waals surface area contributed by atoms with E-state index in [1.165, 1.54) is 4.90 Å². The standard InChI is InChI=1S/C14H19ClN4O3/c1-9(2)17-12(20)14(22)19-5-3-18(4-6-19)13(21)11-7-10(15)8-16-11/h7-9,16H,3-6H2,1-2H3,(H,17,20). The second-order valence-corrected chi connectivity index (χ2v) is 5.88. The molecule has 0 unspecified atom stereocenters. The minimum Gasteiger partial charge on any atom is -0.356 e. The van der Waals surface area contributed by atoms with Gasteiger partial charge < -0.3 is 20.1 Å². The van der Waals surface area contributed by atoms with Crippen LogP contribution in [0.1, 0.15) is 24.3 Å². The average molecular weight is 327 g/mol. The van der Waals surface area contributed by atoms with E-state index in [2.05, 4.69) is 10.3 Å².